The molecular weight excluding hydrogens is 522 g/mol. The van der Waals surface area contributed by atoms with Crippen molar-refractivity contribution in [2.75, 3.05) is 20.3 Å². The lowest BCUT2D eigenvalue weighted by Gasteiger charge is -2.16. The van der Waals surface area contributed by atoms with Crippen LogP contribution in [-0.4, -0.2) is 36.3 Å². The van der Waals surface area contributed by atoms with Crippen LogP contribution in [0.2, 0.25) is 5.02 Å². The third-order valence-electron chi connectivity index (χ3n) is 5.81. The van der Waals surface area contributed by atoms with E-state index in [-0.39, 0.29) is 24.3 Å². The molecule has 0 radical (unpaired) electrons. The van der Waals surface area contributed by atoms with Gasteiger partial charge >= 0.3 is 0 Å². The number of ether oxygens (including phenoxy) is 3. The Bertz CT molecular complexity index is 1350. The molecule has 38 heavy (non-hydrogen) atoms. The molecule has 6 nitrogen and oxygen atoms in total. The van der Waals surface area contributed by atoms with Gasteiger partial charge in [-0.2, -0.15) is 0 Å². The van der Waals surface area contributed by atoms with E-state index in [0.717, 1.165) is 34.0 Å². The Hall–Kier alpha value is -3.68. The molecule has 2 amide bonds. The van der Waals surface area contributed by atoms with Crippen molar-refractivity contribution in [2.24, 2.45) is 0 Å². The topological polar surface area (TPSA) is 65.1 Å². The van der Waals surface area contributed by atoms with Crippen LogP contribution in [0.15, 0.2) is 78.2 Å². The molecule has 3 aromatic rings. The van der Waals surface area contributed by atoms with Gasteiger partial charge in [-0.25, -0.2) is 0 Å². The zero-order chi connectivity index (χ0) is 27.1. The largest absolute Gasteiger partial charge is 0.493 e. The number of aryl methyl sites for hydroxylation is 1. The summed E-state index contributed by atoms with van der Waals surface area (Å²) in [6.07, 6.45) is 4.01. The van der Waals surface area contributed by atoms with Crippen LogP contribution >= 0.6 is 23.4 Å². The summed E-state index contributed by atoms with van der Waals surface area (Å²) in [6, 6.07) is 18.7. The minimum atomic E-state index is -0.347. The molecule has 1 aliphatic rings. The van der Waals surface area contributed by atoms with Crippen molar-refractivity contribution in [2.45, 2.75) is 20.0 Å². The van der Waals surface area contributed by atoms with Gasteiger partial charge in [0, 0.05) is 10.6 Å². The van der Waals surface area contributed by atoms with Crippen molar-refractivity contribution < 1.29 is 23.8 Å². The molecule has 0 saturated carbocycles. The molecule has 1 heterocycles. The highest BCUT2D eigenvalue weighted by molar-refractivity contribution is 8.18. The number of amides is 2. The van der Waals surface area contributed by atoms with E-state index in [2.05, 4.69) is 6.58 Å². The van der Waals surface area contributed by atoms with Gasteiger partial charge in [0.2, 0.25) is 0 Å². The Morgan fingerprint density at radius 2 is 1.76 bits per heavy atom. The van der Waals surface area contributed by atoms with Gasteiger partial charge in [-0.3, -0.25) is 14.5 Å². The first-order valence-corrected chi connectivity index (χ1v) is 13.2. The number of rotatable bonds is 11. The molecule has 0 aliphatic carbocycles. The summed E-state index contributed by atoms with van der Waals surface area (Å²) in [5, 5.41) is 0.334. The second-order valence-electron chi connectivity index (χ2n) is 8.61. The number of nitrogens with zero attached hydrogens (tertiary/aromatic N) is 1. The fraction of sp³-hybridized carbons (Fsp3) is 0.200. The van der Waals surface area contributed by atoms with Crippen molar-refractivity contribution in [3.8, 4) is 17.2 Å². The first-order valence-electron chi connectivity index (χ1n) is 12.0. The molecule has 3 aromatic carbocycles. The molecule has 1 saturated heterocycles. The number of hydrogen-bond acceptors (Lipinski definition) is 6. The highest BCUT2D eigenvalue weighted by atomic mass is 35.5. The number of methoxy groups -OCH3 is 1. The van der Waals surface area contributed by atoms with E-state index in [1.807, 2.05) is 61.5 Å². The van der Waals surface area contributed by atoms with Gasteiger partial charge in [0.1, 0.15) is 19.0 Å². The Kier molecular flexibility index (Phi) is 9.15. The van der Waals surface area contributed by atoms with Gasteiger partial charge in [0.05, 0.1) is 18.6 Å². The zero-order valence-corrected chi connectivity index (χ0v) is 22.8. The fourth-order valence-electron chi connectivity index (χ4n) is 3.86. The lowest BCUT2D eigenvalue weighted by molar-refractivity contribution is -0.123. The van der Waals surface area contributed by atoms with Gasteiger partial charge < -0.3 is 14.2 Å². The van der Waals surface area contributed by atoms with Crippen LogP contribution in [0.25, 0.3) is 6.08 Å². The number of hydrogen-bond donors (Lipinski definition) is 0. The minimum absolute atomic E-state index is 0.165. The maximum absolute atomic E-state index is 13.0. The van der Waals surface area contributed by atoms with E-state index in [4.69, 9.17) is 25.8 Å². The van der Waals surface area contributed by atoms with Crippen molar-refractivity contribution in [1.29, 1.82) is 0 Å². The van der Waals surface area contributed by atoms with Crippen LogP contribution in [0.1, 0.15) is 22.3 Å². The monoisotopic (exact) mass is 549 g/mol. The lowest BCUT2D eigenvalue weighted by atomic mass is 10.0. The van der Waals surface area contributed by atoms with Crippen LogP contribution in [0.4, 0.5) is 4.79 Å². The third kappa shape index (κ3) is 6.79. The summed E-state index contributed by atoms with van der Waals surface area (Å²) in [5.74, 6) is 1.47. The number of benzene rings is 3. The Labute approximate surface area is 231 Å². The van der Waals surface area contributed by atoms with E-state index in [9.17, 15) is 9.59 Å². The predicted molar refractivity (Wildman–Crippen MR) is 152 cm³/mol. The molecule has 1 aliphatic heterocycles. The number of imide groups is 1. The molecular formula is C30H28ClNO5S. The second kappa shape index (κ2) is 12.7. The molecule has 4 rings (SSSR count). The van der Waals surface area contributed by atoms with E-state index < -0.39 is 0 Å². The normalized spacial score (nSPS) is 14.2. The van der Waals surface area contributed by atoms with Gasteiger partial charge in [-0.05, 0) is 78.7 Å². The molecule has 0 spiro atoms. The van der Waals surface area contributed by atoms with Crippen LogP contribution in [0.3, 0.4) is 0 Å². The number of halogens is 1. The molecule has 8 heteroatoms. The molecule has 0 unspecified atom stereocenters. The summed E-state index contributed by atoms with van der Waals surface area (Å²) >= 11 is 6.89. The summed E-state index contributed by atoms with van der Waals surface area (Å²) in [7, 11) is 1.56. The van der Waals surface area contributed by atoms with Crippen LogP contribution in [0, 0.1) is 6.92 Å². The van der Waals surface area contributed by atoms with E-state index >= 15 is 0 Å². The Morgan fingerprint density at radius 1 is 1.03 bits per heavy atom. The third-order valence-corrected chi connectivity index (χ3v) is 6.97. The minimum Gasteiger partial charge on any atom is -0.493 e. The Balaban J connectivity index is 1.49. The van der Waals surface area contributed by atoms with E-state index in [0.29, 0.717) is 40.2 Å². The number of carbonyl (C=O) groups excluding carboxylic acids is 2. The quantitative estimate of drug-likeness (QED) is 0.188. The second-order valence-corrected chi connectivity index (χ2v) is 10.0. The van der Waals surface area contributed by atoms with E-state index in [1.165, 1.54) is 4.90 Å². The van der Waals surface area contributed by atoms with E-state index in [1.54, 1.807) is 25.3 Å². The highest BCUT2D eigenvalue weighted by Gasteiger charge is 2.35. The summed E-state index contributed by atoms with van der Waals surface area (Å²) < 4.78 is 17.4. The van der Waals surface area contributed by atoms with Crippen molar-refractivity contribution >= 4 is 40.6 Å². The number of carbonyl (C=O) groups is 2. The van der Waals surface area contributed by atoms with Crippen molar-refractivity contribution in [1.82, 2.24) is 4.90 Å². The van der Waals surface area contributed by atoms with Crippen LogP contribution in [0.5, 0.6) is 17.2 Å². The average Bonchev–Trinajstić information content (AvgIpc) is 3.17. The van der Waals surface area contributed by atoms with Crippen molar-refractivity contribution in [3.05, 3.63) is 106 Å². The van der Waals surface area contributed by atoms with Crippen LogP contribution < -0.4 is 14.2 Å². The summed E-state index contributed by atoms with van der Waals surface area (Å²) in [6.45, 7) is 6.56. The first kappa shape index (κ1) is 27.4. The standard InChI is InChI=1S/C30H28ClNO5S/c1-4-5-23-16-22(17-26(35-3)28(23)37-19-21-8-10-24(31)11-9-21)18-27-29(33)32(30(34)38-27)14-15-36-25-12-6-20(2)7-13-25/h4,6-13,16-18H,1,5,14-15,19H2,2-3H3/b27-18-. The maximum atomic E-state index is 13.0. The number of allylic oxidation sites excluding steroid dienone is 1. The maximum Gasteiger partial charge on any atom is 0.293 e. The molecule has 0 N–H and O–H groups in total. The average molecular weight is 550 g/mol. The van der Waals surface area contributed by atoms with Gasteiger partial charge in [0.25, 0.3) is 11.1 Å². The number of thioether (sulfide) groups is 1. The Morgan fingerprint density at radius 3 is 2.45 bits per heavy atom. The molecule has 0 bridgehead atoms. The zero-order valence-electron chi connectivity index (χ0n) is 21.2. The van der Waals surface area contributed by atoms with Crippen LogP contribution in [-0.2, 0) is 17.8 Å². The summed E-state index contributed by atoms with van der Waals surface area (Å²) in [4.78, 5) is 27.1. The molecule has 0 atom stereocenters. The lowest BCUT2D eigenvalue weighted by Crippen LogP contribution is -2.32. The predicted octanol–water partition coefficient (Wildman–Crippen LogP) is 7.08. The first-order chi connectivity index (χ1) is 18.4. The highest BCUT2D eigenvalue weighted by Crippen LogP contribution is 2.37. The van der Waals surface area contributed by atoms with Gasteiger partial charge in [0.15, 0.2) is 11.5 Å². The smallest absolute Gasteiger partial charge is 0.293 e. The van der Waals surface area contributed by atoms with Crippen molar-refractivity contribution in [3.63, 3.8) is 0 Å². The summed E-state index contributed by atoms with van der Waals surface area (Å²) in [5.41, 5.74) is 3.66. The molecule has 1 fully saturated rings. The van der Waals surface area contributed by atoms with Gasteiger partial charge in [-0.1, -0.05) is 47.5 Å². The fourth-order valence-corrected chi connectivity index (χ4v) is 4.85. The molecule has 0 aromatic heterocycles. The van der Waals surface area contributed by atoms with Gasteiger partial charge in [-0.15, -0.1) is 6.58 Å². The molecule has 196 valence electrons. The SMILES string of the molecule is C=CCc1cc(/C=C2\SC(=O)N(CCOc3ccc(C)cc3)C2=O)cc(OC)c1OCc1ccc(Cl)cc1.